The van der Waals surface area contributed by atoms with E-state index in [0.29, 0.717) is 0 Å². The van der Waals surface area contributed by atoms with E-state index >= 15 is 0 Å². The number of rotatable bonds is 0. The zero-order valence-electron chi connectivity index (χ0n) is 5.00. The molecule has 2 N–H and O–H groups in total. The zero-order valence-corrected chi connectivity index (χ0v) is 5.82. The Labute approximate surface area is 58.5 Å². The molecule has 46 valence electrons. The van der Waals surface area contributed by atoms with Crippen LogP contribution in [0.3, 0.4) is 0 Å². The molecule has 1 aliphatic heterocycles. The van der Waals surface area contributed by atoms with Crippen molar-refractivity contribution in [2.75, 3.05) is 5.88 Å². The summed E-state index contributed by atoms with van der Waals surface area (Å²) in [5.74, 6) is 1.15. The van der Waals surface area contributed by atoms with Crippen LogP contribution in [-0.4, -0.2) is 5.88 Å². The summed E-state index contributed by atoms with van der Waals surface area (Å²) in [6.45, 7) is 0. The maximum Gasteiger partial charge on any atom is 0.144 e. The molecule has 0 atom stereocenters. The third kappa shape index (κ3) is 0.843. The highest BCUT2D eigenvalue weighted by Crippen LogP contribution is 2.25. The Kier molecular flexibility index (Phi) is 1.21. The number of quaternary nitrogens is 1. The molecule has 0 aliphatic carbocycles. The smallest absolute Gasteiger partial charge is 0.144 e. The highest BCUT2D eigenvalue weighted by atomic mass is 32.2. The summed E-state index contributed by atoms with van der Waals surface area (Å²) in [5, 5.41) is 2.26. The third-order valence-corrected chi connectivity index (χ3v) is 2.48. The van der Waals surface area contributed by atoms with Crippen LogP contribution in [0.4, 0.5) is 5.69 Å². The molecule has 2 rings (SSSR count). The van der Waals surface area contributed by atoms with Gasteiger partial charge < -0.3 is 5.32 Å². The van der Waals surface area contributed by atoms with Gasteiger partial charge in [-0.05, 0) is 6.07 Å². The molecule has 1 nitrogen and oxygen atoms in total. The van der Waals surface area contributed by atoms with Gasteiger partial charge in [-0.15, -0.1) is 0 Å². The van der Waals surface area contributed by atoms with E-state index < -0.39 is 0 Å². The summed E-state index contributed by atoms with van der Waals surface area (Å²) in [4.78, 5) is 1.43. The minimum Gasteiger partial charge on any atom is -0.304 e. The zero-order chi connectivity index (χ0) is 6.10. The number of fused-ring (bicyclic) bond motifs is 1. The number of hydrogen-bond acceptors (Lipinski definition) is 1. The number of thioether (sulfide) groups is 1. The first kappa shape index (κ1) is 5.33. The molecule has 1 aliphatic rings. The van der Waals surface area contributed by atoms with Crippen molar-refractivity contribution < 1.29 is 5.32 Å². The first-order valence-corrected chi connectivity index (χ1v) is 4.00. The molecule has 1 aromatic carbocycles. The molecule has 0 unspecified atom stereocenters. The third-order valence-electron chi connectivity index (χ3n) is 1.46. The van der Waals surface area contributed by atoms with Crippen LogP contribution in [0.2, 0.25) is 0 Å². The Hall–Kier alpha value is -0.470. The lowest BCUT2D eigenvalue weighted by atomic mass is 10.3. The Morgan fingerprint density at radius 2 is 2.22 bits per heavy atom. The Morgan fingerprint density at radius 1 is 1.33 bits per heavy atom. The lowest BCUT2D eigenvalue weighted by Crippen LogP contribution is -2.74. The number of benzene rings is 1. The van der Waals surface area contributed by atoms with Gasteiger partial charge in [-0.1, -0.05) is 23.9 Å². The van der Waals surface area contributed by atoms with Crippen LogP contribution in [0.5, 0.6) is 0 Å². The van der Waals surface area contributed by atoms with Crippen LogP contribution in [0.15, 0.2) is 29.2 Å². The highest BCUT2D eigenvalue weighted by molar-refractivity contribution is 7.99. The average Bonchev–Trinajstić information content (AvgIpc) is 2.33. The van der Waals surface area contributed by atoms with Gasteiger partial charge in [-0.25, -0.2) is 0 Å². The average molecular weight is 138 g/mol. The number of para-hydroxylation sites is 1. The maximum atomic E-state index is 2.26. The van der Waals surface area contributed by atoms with Crippen molar-refractivity contribution in [3.05, 3.63) is 24.3 Å². The minimum atomic E-state index is 1.15. The van der Waals surface area contributed by atoms with Gasteiger partial charge in [-0.3, -0.25) is 0 Å². The van der Waals surface area contributed by atoms with Crippen molar-refractivity contribution in [1.29, 1.82) is 0 Å². The van der Waals surface area contributed by atoms with Crippen LogP contribution < -0.4 is 5.32 Å². The lowest BCUT2D eigenvalue weighted by molar-refractivity contribution is -0.548. The minimum absolute atomic E-state index is 1.15. The Morgan fingerprint density at radius 3 is 3.11 bits per heavy atom. The molecule has 0 radical (unpaired) electrons. The van der Waals surface area contributed by atoms with Gasteiger partial charge in [-0.2, -0.15) is 0 Å². The first-order valence-electron chi connectivity index (χ1n) is 3.02. The molecule has 1 heterocycles. The van der Waals surface area contributed by atoms with E-state index in [1.54, 1.807) is 0 Å². The fourth-order valence-corrected chi connectivity index (χ4v) is 1.94. The van der Waals surface area contributed by atoms with Crippen molar-refractivity contribution in [3.8, 4) is 0 Å². The maximum absolute atomic E-state index is 2.26. The van der Waals surface area contributed by atoms with Crippen molar-refractivity contribution in [2.45, 2.75) is 4.90 Å². The summed E-state index contributed by atoms with van der Waals surface area (Å²) in [6.07, 6.45) is 0. The molecule has 0 bridgehead atoms. The van der Waals surface area contributed by atoms with Gasteiger partial charge in [0.25, 0.3) is 0 Å². The van der Waals surface area contributed by atoms with E-state index in [1.807, 2.05) is 11.8 Å². The molecule has 0 saturated heterocycles. The van der Waals surface area contributed by atoms with Crippen molar-refractivity contribution in [3.63, 3.8) is 0 Å². The summed E-state index contributed by atoms with van der Waals surface area (Å²) >= 11 is 1.91. The van der Waals surface area contributed by atoms with E-state index in [4.69, 9.17) is 0 Å². The topological polar surface area (TPSA) is 16.6 Å². The predicted molar refractivity (Wildman–Crippen MR) is 38.8 cm³/mol. The molecular weight excluding hydrogens is 130 g/mol. The van der Waals surface area contributed by atoms with E-state index in [0.717, 1.165) is 5.88 Å². The van der Waals surface area contributed by atoms with Crippen molar-refractivity contribution in [2.24, 2.45) is 0 Å². The summed E-state index contributed by atoms with van der Waals surface area (Å²) in [7, 11) is 0. The number of hydrogen-bond donors (Lipinski definition) is 1. The molecule has 9 heavy (non-hydrogen) atoms. The quantitative estimate of drug-likeness (QED) is 0.528. The van der Waals surface area contributed by atoms with Crippen molar-refractivity contribution >= 4 is 17.4 Å². The molecule has 0 spiro atoms. The molecular formula is C7H8NS+. The second-order valence-corrected chi connectivity index (χ2v) is 3.11. The van der Waals surface area contributed by atoms with E-state index in [-0.39, 0.29) is 0 Å². The molecule has 0 amide bonds. The van der Waals surface area contributed by atoms with Gasteiger partial charge in [0.15, 0.2) is 0 Å². The second-order valence-electron chi connectivity index (χ2n) is 2.05. The normalized spacial score (nSPS) is 15.6. The Balaban J connectivity index is 2.54. The Bertz CT molecular complexity index is 199. The van der Waals surface area contributed by atoms with Gasteiger partial charge in [0.1, 0.15) is 11.6 Å². The lowest BCUT2D eigenvalue weighted by Gasteiger charge is -1.87. The van der Waals surface area contributed by atoms with Gasteiger partial charge in [0.05, 0.1) is 4.90 Å². The van der Waals surface area contributed by atoms with E-state index in [9.17, 15) is 0 Å². The fraction of sp³-hybridized carbons (Fsp3) is 0.143. The fourth-order valence-electron chi connectivity index (χ4n) is 1.00. The van der Waals surface area contributed by atoms with Gasteiger partial charge >= 0.3 is 0 Å². The van der Waals surface area contributed by atoms with Crippen molar-refractivity contribution in [1.82, 2.24) is 0 Å². The largest absolute Gasteiger partial charge is 0.304 e. The molecule has 0 fully saturated rings. The van der Waals surface area contributed by atoms with E-state index in [1.165, 1.54) is 10.6 Å². The van der Waals surface area contributed by atoms with Gasteiger partial charge in [0, 0.05) is 6.07 Å². The highest BCUT2D eigenvalue weighted by Gasteiger charge is 2.12. The van der Waals surface area contributed by atoms with Crippen LogP contribution in [0, 0.1) is 0 Å². The van der Waals surface area contributed by atoms with E-state index in [2.05, 4.69) is 29.6 Å². The monoisotopic (exact) mass is 138 g/mol. The van der Waals surface area contributed by atoms with Crippen LogP contribution in [-0.2, 0) is 0 Å². The molecule has 1 aromatic rings. The second kappa shape index (κ2) is 2.05. The number of nitrogens with two attached hydrogens (primary N) is 1. The predicted octanol–water partition coefficient (Wildman–Crippen LogP) is 0.945. The molecule has 0 saturated carbocycles. The summed E-state index contributed by atoms with van der Waals surface area (Å²) < 4.78 is 0. The molecule has 2 heteroatoms. The molecule has 0 aromatic heterocycles. The SMILES string of the molecule is c1ccc2c(c1)[NH2+]CS2. The first-order chi connectivity index (χ1) is 4.47. The van der Waals surface area contributed by atoms with Crippen LogP contribution in [0.1, 0.15) is 0 Å². The van der Waals surface area contributed by atoms with Gasteiger partial charge in [0.2, 0.25) is 0 Å². The van der Waals surface area contributed by atoms with Crippen LogP contribution in [0.25, 0.3) is 0 Å². The standard InChI is InChI=1S/C7H7NS/c1-2-4-7-6(3-1)8-5-9-7/h1-4,8H,5H2/p+1. The summed E-state index contributed by atoms with van der Waals surface area (Å²) in [6, 6.07) is 8.50. The summed E-state index contributed by atoms with van der Waals surface area (Å²) in [5.41, 5.74) is 1.41. The van der Waals surface area contributed by atoms with Crippen LogP contribution >= 0.6 is 11.8 Å².